The predicted octanol–water partition coefficient (Wildman–Crippen LogP) is 1.35. The Balaban J connectivity index is 3.22. The maximum atomic E-state index is 11.5. The van der Waals surface area contributed by atoms with Gasteiger partial charge in [0.05, 0.1) is 14.2 Å². The van der Waals surface area contributed by atoms with Gasteiger partial charge in [-0.2, -0.15) is 0 Å². The molecule has 2 N–H and O–H groups in total. The van der Waals surface area contributed by atoms with Gasteiger partial charge in [0.15, 0.2) is 5.92 Å². The Morgan fingerprint density at radius 3 is 2.18 bits per heavy atom. The molecule has 6 heteroatoms. The van der Waals surface area contributed by atoms with Gasteiger partial charge in [0, 0.05) is 16.3 Å². The number of halogens is 1. The number of nitrogen functional groups attached to an aromatic ring is 1. The Morgan fingerprint density at radius 2 is 1.76 bits per heavy atom. The van der Waals surface area contributed by atoms with Gasteiger partial charge < -0.3 is 15.2 Å². The largest absolute Gasteiger partial charge is 0.468 e. The molecule has 0 aliphatic heterocycles. The van der Waals surface area contributed by atoms with E-state index >= 15 is 0 Å². The molecule has 0 fully saturated rings. The highest BCUT2D eigenvalue weighted by Crippen LogP contribution is 2.27. The van der Waals surface area contributed by atoms with Crippen molar-refractivity contribution in [3.05, 3.63) is 28.8 Å². The lowest BCUT2D eigenvalue weighted by atomic mass is 9.97. The van der Waals surface area contributed by atoms with E-state index in [4.69, 9.17) is 17.3 Å². The van der Waals surface area contributed by atoms with Crippen LogP contribution in [0.1, 0.15) is 11.5 Å². The number of ether oxygens (including phenoxy) is 2. The van der Waals surface area contributed by atoms with Crippen molar-refractivity contribution in [2.45, 2.75) is 5.92 Å². The van der Waals surface area contributed by atoms with Crippen molar-refractivity contribution in [2.75, 3.05) is 20.0 Å². The summed E-state index contributed by atoms with van der Waals surface area (Å²) >= 11 is 5.74. The zero-order chi connectivity index (χ0) is 13.0. The Labute approximate surface area is 103 Å². The maximum Gasteiger partial charge on any atom is 0.324 e. The van der Waals surface area contributed by atoms with Gasteiger partial charge in [-0.05, 0) is 12.1 Å². The van der Waals surface area contributed by atoms with Gasteiger partial charge in [0.1, 0.15) is 0 Å². The van der Waals surface area contributed by atoms with Crippen LogP contribution >= 0.6 is 11.6 Å². The van der Waals surface area contributed by atoms with Crippen LogP contribution in [-0.2, 0) is 19.1 Å². The molecule has 17 heavy (non-hydrogen) atoms. The number of methoxy groups -OCH3 is 2. The average molecular weight is 258 g/mol. The second-order valence-corrected chi connectivity index (χ2v) is 3.69. The zero-order valence-corrected chi connectivity index (χ0v) is 10.2. The predicted molar refractivity (Wildman–Crippen MR) is 62.6 cm³/mol. The van der Waals surface area contributed by atoms with Gasteiger partial charge in [0.2, 0.25) is 0 Å². The van der Waals surface area contributed by atoms with Gasteiger partial charge in [-0.1, -0.05) is 17.7 Å². The molecule has 5 nitrogen and oxygen atoms in total. The van der Waals surface area contributed by atoms with Crippen LogP contribution in [0.2, 0.25) is 5.02 Å². The van der Waals surface area contributed by atoms with Crippen LogP contribution in [0, 0.1) is 0 Å². The number of hydrogen-bond acceptors (Lipinski definition) is 5. The minimum Gasteiger partial charge on any atom is -0.468 e. The number of nitrogens with two attached hydrogens (primary N) is 1. The third kappa shape index (κ3) is 2.88. The molecular formula is C11H12ClNO4. The fraction of sp³-hybridized carbons (Fsp3) is 0.273. The van der Waals surface area contributed by atoms with Crippen molar-refractivity contribution in [3.8, 4) is 0 Å². The van der Waals surface area contributed by atoms with Crippen molar-refractivity contribution >= 4 is 29.2 Å². The quantitative estimate of drug-likeness (QED) is 0.502. The molecule has 0 radical (unpaired) electrons. The van der Waals surface area contributed by atoms with E-state index in [0.29, 0.717) is 10.6 Å². The summed E-state index contributed by atoms with van der Waals surface area (Å²) in [6.07, 6.45) is 0. The number of carbonyl (C=O) groups excluding carboxylic acids is 2. The van der Waals surface area contributed by atoms with E-state index in [1.807, 2.05) is 0 Å². The van der Waals surface area contributed by atoms with Crippen LogP contribution in [0.3, 0.4) is 0 Å². The summed E-state index contributed by atoms with van der Waals surface area (Å²) in [5, 5.41) is 0.416. The third-order valence-electron chi connectivity index (χ3n) is 2.23. The number of hydrogen-bond donors (Lipinski definition) is 1. The van der Waals surface area contributed by atoms with E-state index in [0.717, 1.165) is 0 Å². The SMILES string of the molecule is COC(=O)C(C(=O)OC)c1ccc(Cl)cc1N. The van der Waals surface area contributed by atoms with E-state index in [1.54, 1.807) is 0 Å². The number of esters is 2. The van der Waals surface area contributed by atoms with E-state index in [2.05, 4.69) is 9.47 Å². The molecule has 0 bridgehead atoms. The summed E-state index contributed by atoms with van der Waals surface area (Å²) in [5.74, 6) is -2.65. The molecule has 0 atom stereocenters. The average Bonchev–Trinajstić information content (AvgIpc) is 2.31. The first-order chi connectivity index (χ1) is 8.01. The van der Waals surface area contributed by atoms with Gasteiger partial charge in [-0.3, -0.25) is 9.59 Å². The van der Waals surface area contributed by atoms with Crippen molar-refractivity contribution in [3.63, 3.8) is 0 Å². The normalized spacial score (nSPS) is 10.1. The standard InChI is InChI=1S/C11H12ClNO4/c1-16-10(14)9(11(15)17-2)7-4-3-6(12)5-8(7)13/h3-5,9H,13H2,1-2H3. The number of carbonyl (C=O) groups is 2. The lowest BCUT2D eigenvalue weighted by molar-refractivity contribution is -0.154. The van der Waals surface area contributed by atoms with Crippen LogP contribution in [-0.4, -0.2) is 26.2 Å². The molecule has 0 aromatic heterocycles. The van der Waals surface area contributed by atoms with Gasteiger partial charge >= 0.3 is 11.9 Å². The van der Waals surface area contributed by atoms with E-state index in [9.17, 15) is 9.59 Å². The molecule has 1 rings (SSSR count). The highest BCUT2D eigenvalue weighted by Gasteiger charge is 2.32. The lowest BCUT2D eigenvalue weighted by Crippen LogP contribution is -2.25. The molecule has 0 heterocycles. The topological polar surface area (TPSA) is 78.6 Å². The molecule has 1 aromatic rings. The van der Waals surface area contributed by atoms with Crippen LogP contribution in [0.25, 0.3) is 0 Å². The molecule has 0 saturated heterocycles. The Morgan fingerprint density at radius 1 is 1.24 bits per heavy atom. The third-order valence-corrected chi connectivity index (χ3v) is 2.47. The summed E-state index contributed by atoms with van der Waals surface area (Å²) in [6, 6.07) is 4.48. The first-order valence-corrected chi connectivity index (χ1v) is 5.09. The van der Waals surface area contributed by atoms with Crippen molar-refractivity contribution in [1.82, 2.24) is 0 Å². The maximum absolute atomic E-state index is 11.5. The smallest absolute Gasteiger partial charge is 0.324 e. The second kappa shape index (κ2) is 5.54. The lowest BCUT2D eigenvalue weighted by Gasteiger charge is -2.14. The van der Waals surface area contributed by atoms with Crippen LogP contribution in [0.4, 0.5) is 5.69 Å². The first kappa shape index (κ1) is 13.3. The van der Waals surface area contributed by atoms with Gasteiger partial charge in [-0.25, -0.2) is 0 Å². The Hall–Kier alpha value is -1.75. The summed E-state index contributed by atoms with van der Waals surface area (Å²) in [7, 11) is 2.37. The highest BCUT2D eigenvalue weighted by molar-refractivity contribution is 6.30. The highest BCUT2D eigenvalue weighted by atomic mass is 35.5. The van der Waals surface area contributed by atoms with Crippen molar-refractivity contribution < 1.29 is 19.1 Å². The van der Waals surface area contributed by atoms with E-state index < -0.39 is 17.9 Å². The van der Waals surface area contributed by atoms with E-state index in [-0.39, 0.29) is 5.69 Å². The molecule has 0 aliphatic rings. The minimum absolute atomic E-state index is 0.235. The van der Waals surface area contributed by atoms with Crippen LogP contribution < -0.4 is 5.73 Å². The molecule has 1 aromatic carbocycles. The van der Waals surface area contributed by atoms with Crippen LogP contribution in [0.15, 0.2) is 18.2 Å². The van der Waals surface area contributed by atoms with Gasteiger partial charge in [0.25, 0.3) is 0 Å². The first-order valence-electron chi connectivity index (χ1n) is 4.71. The van der Waals surface area contributed by atoms with Crippen molar-refractivity contribution in [2.24, 2.45) is 0 Å². The fourth-order valence-electron chi connectivity index (χ4n) is 1.39. The zero-order valence-electron chi connectivity index (χ0n) is 9.40. The number of benzene rings is 1. The van der Waals surface area contributed by atoms with Crippen molar-refractivity contribution in [1.29, 1.82) is 0 Å². The minimum atomic E-state index is -1.19. The summed E-state index contributed by atoms with van der Waals surface area (Å²) in [5.41, 5.74) is 6.25. The molecule has 92 valence electrons. The molecule has 0 amide bonds. The van der Waals surface area contributed by atoms with Gasteiger partial charge in [-0.15, -0.1) is 0 Å². The fourth-order valence-corrected chi connectivity index (χ4v) is 1.57. The number of anilines is 1. The molecule has 0 spiro atoms. The molecular weight excluding hydrogens is 246 g/mol. The summed E-state index contributed by atoms with van der Waals surface area (Å²) < 4.78 is 9.09. The summed E-state index contributed by atoms with van der Waals surface area (Å²) in [4.78, 5) is 23.1. The Kier molecular flexibility index (Phi) is 4.34. The Bertz CT molecular complexity index is 431. The molecule has 0 aliphatic carbocycles. The number of rotatable bonds is 3. The monoisotopic (exact) mass is 257 g/mol. The molecule has 0 saturated carbocycles. The molecule has 0 unspecified atom stereocenters. The second-order valence-electron chi connectivity index (χ2n) is 3.25. The summed E-state index contributed by atoms with van der Waals surface area (Å²) in [6.45, 7) is 0. The van der Waals surface area contributed by atoms with E-state index in [1.165, 1.54) is 32.4 Å². The van der Waals surface area contributed by atoms with Crippen LogP contribution in [0.5, 0.6) is 0 Å².